The fourth-order valence-electron chi connectivity index (χ4n) is 2.39. The van der Waals surface area contributed by atoms with Crippen molar-refractivity contribution in [1.29, 1.82) is 0 Å². The summed E-state index contributed by atoms with van der Waals surface area (Å²) < 4.78 is 37.4. The first-order chi connectivity index (χ1) is 9.89. The number of aromatic nitrogens is 1. The van der Waals surface area contributed by atoms with E-state index in [1.807, 2.05) is 0 Å². The van der Waals surface area contributed by atoms with Crippen LogP contribution in [0.3, 0.4) is 0 Å². The highest BCUT2D eigenvalue weighted by atomic mass is 19.4. The van der Waals surface area contributed by atoms with E-state index < -0.39 is 29.4 Å². The van der Waals surface area contributed by atoms with Crippen LogP contribution in [0.15, 0.2) is 42.6 Å². The maximum atomic E-state index is 12.5. The van der Waals surface area contributed by atoms with E-state index in [9.17, 15) is 22.8 Å². The van der Waals surface area contributed by atoms with Gasteiger partial charge in [0.15, 0.2) is 11.6 Å². The van der Waals surface area contributed by atoms with Gasteiger partial charge >= 0.3 is 6.18 Å². The van der Waals surface area contributed by atoms with E-state index in [1.165, 1.54) is 12.1 Å². The number of ketones is 2. The summed E-state index contributed by atoms with van der Waals surface area (Å²) in [5.74, 6) is -1.91. The summed E-state index contributed by atoms with van der Waals surface area (Å²) >= 11 is 0. The predicted octanol–water partition coefficient (Wildman–Crippen LogP) is 3.26. The van der Waals surface area contributed by atoms with E-state index >= 15 is 0 Å². The van der Waals surface area contributed by atoms with E-state index in [4.69, 9.17) is 0 Å². The molecule has 1 heterocycles. The Morgan fingerprint density at radius 3 is 1.90 bits per heavy atom. The van der Waals surface area contributed by atoms with Crippen LogP contribution in [0.25, 0.3) is 0 Å². The van der Waals surface area contributed by atoms with Gasteiger partial charge in [-0.1, -0.05) is 30.3 Å². The average Bonchev–Trinajstić information content (AvgIpc) is 2.71. The fraction of sp³-hybridized carbons (Fsp3) is 0.133. The minimum Gasteiger partial charge on any atom is -0.293 e. The average molecular weight is 291 g/mol. The molecule has 0 aliphatic heterocycles. The molecule has 2 aromatic rings. The number of halogens is 3. The standard InChI is InChI=1S/C15H8F3NO2/c16-15(17,18)11-6-5-8(7-19-11)12-13(20)9-3-1-2-4-10(9)14(12)21/h1-7,12H. The molecule has 0 atom stereocenters. The number of pyridine rings is 1. The predicted molar refractivity (Wildman–Crippen MR) is 67.1 cm³/mol. The zero-order chi connectivity index (χ0) is 15.2. The van der Waals surface area contributed by atoms with Crippen molar-refractivity contribution >= 4 is 11.6 Å². The highest BCUT2D eigenvalue weighted by Gasteiger charge is 2.40. The van der Waals surface area contributed by atoms with Crippen LogP contribution >= 0.6 is 0 Å². The van der Waals surface area contributed by atoms with Crippen LogP contribution < -0.4 is 0 Å². The third kappa shape index (κ3) is 2.12. The van der Waals surface area contributed by atoms with Gasteiger partial charge in [-0.25, -0.2) is 0 Å². The zero-order valence-electron chi connectivity index (χ0n) is 10.5. The van der Waals surface area contributed by atoms with Gasteiger partial charge in [-0.3, -0.25) is 14.6 Å². The van der Waals surface area contributed by atoms with Gasteiger partial charge in [0.1, 0.15) is 11.6 Å². The van der Waals surface area contributed by atoms with Crippen LogP contribution in [0.2, 0.25) is 0 Å². The Labute approximate surface area is 117 Å². The molecule has 3 rings (SSSR count). The summed E-state index contributed by atoms with van der Waals surface area (Å²) in [7, 11) is 0. The van der Waals surface area contributed by atoms with E-state index in [-0.39, 0.29) is 5.56 Å². The number of rotatable bonds is 1. The van der Waals surface area contributed by atoms with Crippen LogP contribution in [0, 0.1) is 0 Å². The second-order valence-electron chi connectivity index (χ2n) is 4.68. The van der Waals surface area contributed by atoms with E-state index in [1.54, 1.807) is 12.1 Å². The van der Waals surface area contributed by atoms with Gasteiger partial charge in [-0.15, -0.1) is 0 Å². The minimum atomic E-state index is -4.55. The second-order valence-corrected chi connectivity index (χ2v) is 4.68. The number of alkyl halides is 3. The maximum Gasteiger partial charge on any atom is 0.433 e. The zero-order valence-corrected chi connectivity index (χ0v) is 10.5. The summed E-state index contributed by atoms with van der Waals surface area (Å²) in [5.41, 5.74) is -0.282. The van der Waals surface area contributed by atoms with Crippen LogP contribution in [-0.2, 0) is 6.18 Å². The van der Waals surface area contributed by atoms with Crippen molar-refractivity contribution in [3.63, 3.8) is 0 Å². The molecule has 1 aliphatic rings. The molecule has 0 saturated carbocycles. The summed E-state index contributed by atoms with van der Waals surface area (Å²) in [5, 5.41) is 0. The van der Waals surface area contributed by atoms with Crippen molar-refractivity contribution in [2.45, 2.75) is 12.1 Å². The highest BCUT2D eigenvalue weighted by Crippen LogP contribution is 2.34. The molecule has 1 aromatic heterocycles. The summed E-state index contributed by atoms with van der Waals surface area (Å²) in [6, 6.07) is 8.25. The van der Waals surface area contributed by atoms with Gasteiger partial charge in [-0.2, -0.15) is 13.2 Å². The maximum absolute atomic E-state index is 12.5. The molecular weight excluding hydrogens is 283 g/mol. The van der Waals surface area contributed by atoms with Crippen LogP contribution in [0.1, 0.15) is 37.9 Å². The molecule has 1 aliphatic carbocycles. The Morgan fingerprint density at radius 2 is 1.48 bits per heavy atom. The molecule has 0 N–H and O–H groups in total. The fourth-order valence-corrected chi connectivity index (χ4v) is 2.39. The SMILES string of the molecule is O=C1c2ccccc2C(=O)C1c1ccc(C(F)(F)F)nc1. The lowest BCUT2D eigenvalue weighted by molar-refractivity contribution is -0.141. The highest BCUT2D eigenvalue weighted by molar-refractivity contribution is 6.29. The summed E-state index contributed by atoms with van der Waals surface area (Å²) in [6.45, 7) is 0. The van der Waals surface area contributed by atoms with E-state index in [0.717, 1.165) is 18.3 Å². The molecule has 0 fully saturated rings. The number of carbonyl (C=O) groups is 2. The van der Waals surface area contributed by atoms with Gasteiger partial charge < -0.3 is 0 Å². The molecule has 106 valence electrons. The van der Waals surface area contributed by atoms with Crippen molar-refractivity contribution in [2.24, 2.45) is 0 Å². The lowest BCUT2D eigenvalue weighted by Crippen LogP contribution is -2.14. The normalized spacial score (nSPS) is 15.4. The molecule has 6 heteroatoms. The Kier molecular flexibility index (Phi) is 2.90. The third-order valence-electron chi connectivity index (χ3n) is 3.39. The number of Topliss-reactive ketones (excluding diaryl/α,β-unsaturated/α-hetero) is 2. The number of carbonyl (C=O) groups excluding carboxylic acids is 2. The molecule has 0 bridgehead atoms. The second kappa shape index (κ2) is 4.51. The van der Waals surface area contributed by atoms with Crippen LogP contribution in [0.4, 0.5) is 13.2 Å². The Bertz CT molecular complexity index is 700. The van der Waals surface area contributed by atoms with Crippen LogP contribution in [0.5, 0.6) is 0 Å². The molecule has 0 spiro atoms. The molecule has 0 unspecified atom stereocenters. The molecule has 0 amide bonds. The Hall–Kier alpha value is -2.50. The molecule has 0 radical (unpaired) electrons. The number of hydrogen-bond acceptors (Lipinski definition) is 3. The first-order valence-corrected chi connectivity index (χ1v) is 6.10. The lowest BCUT2D eigenvalue weighted by Gasteiger charge is -2.09. The minimum absolute atomic E-state index is 0.175. The monoisotopic (exact) mass is 291 g/mol. The van der Waals surface area contributed by atoms with Gasteiger partial charge in [0.25, 0.3) is 0 Å². The number of fused-ring (bicyclic) bond motifs is 1. The molecule has 0 saturated heterocycles. The smallest absolute Gasteiger partial charge is 0.293 e. The van der Waals surface area contributed by atoms with Crippen molar-refractivity contribution in [3.8, 4) is 0 Å². The van der Waals surface area contributed by atoms with Gasteiger partial charge in [0.05, 0.1) is 0 Å². The van der Waals surface area contributed by atoms with E-state index in [0.29, 0.717) is 11.1 Å². The molecule has 3 nitrogen and oxygen atoms in total. The number of nitrogens with zero attached hydrogens (tertiary/aromatic N) is 1. The van der Waals surface area contributed by atoms with Crippen LogP contribution in [-0.4, -0.2) is 16.6 Å². The quantitative estimate of drug-likeness (QED) is 0.758. The first-order valence-electron chi connectivity index (χ1n) is 6.10. The first kappa shape index (κ1) is 13.5. The van der Waals surface area contributed by atoms with Gasteiger partial charge in [-0.05, 0) is 11.6 Å². The largest absolute Gasteiger partial charge is 0.433 e. The molecule has 21 heavy (non-hydrogen) atoms. The molecule has 1 aromatic carbocycles. The topological polar surface area (TPSA) is 47.0 Å². The van der Waals surface area contributed by atoms with Crippen molar-refractivity contribution < 1.29 is 22.8 Å². The summed E-state index contributed by atoms with van der Waals surface area (Å²) in [6.07, 6.45) is -3.61. The van der Waals surface area contributed by atoms with Crippen molar-refractivity contribution in [1.82, 2.24) is 4.98 Å². The molecular formula is C15H8F3NO2. The number of benzene rings is 1. The van der Waals surface area contributed by atoms with Crippen molar-refractivity contribution in [3.05, 3.63) is 65.0 Å². The summed E-state index contributed by atoms with van der Waals surface area (Å²) in [4.78, 5) is 27.7. The Balaban J connectivity index is 2.00. The van der Waals surface area contributed by atoms with Crippen molar-refractivity contribution in [2.75, 3.05) is 0 Å². The van der Waals surface area contributed by atoms with E-state index in [2.05, 4.69) is 4.98 Å². The van der Waals surface area contributed by atoms with Gasteiger partial charge in [0.2, 0.25) is 0 Å². The Morgan fingerprint density at radius 1 is 0.905 bits per heavy atom. The lowest BCUT2D eigenvalue weighted by atomic mass is 9.95. The van der Waals surface area contributed by atoms with Gasteiger partial charge in [0, 0.05) is 17.3 Å². The third-order valence-corrected chi connectivity index (χ3v) is 3.39. The number of hydrogen-bond donors (Lipinski definition) is 0.